The first-order valence-corrected chi connectivity index (χ1v) is 9.33. The molecule has 1 aromatic carbocycles. The lowest BCUT2D eigenvalue weighted by Crippen LogP contribution is -2.50. The van der Waals surface area contributed by atoms with Crippen molar-refractivity contribution in [1.29, 1.82) is 0 Å². The Bertz CT molecular complexity index is 784. The Labute approximate surface area is 161 Å². The topological polar surface area (TPSA) is 59.0 Å². The molecule has 0 bridgehead atoms. The molecule has 2 unspecified atom stereocenters. The molecular formula is C20H27ClN4O. The Kier molecular flexibility index (Phi) is 5.68. The van der Waals surface area contributed by atoms with Crippen LogP contribution in [0.25, 0.3) is 5.69 Å². The first-order valence-electron chi connectivity index (χ1n) is 9.33. The van der Waals surface area contributed by atoms with Crippen LogP contribution in [0.1, 0.15) is 47.1 Å². The summed E-state index contributed by atoms with van der Waals surface area (Å²) >= 11 is 0. The number of fused-ring (bicyclic) bond motifs is 1. The maximum Gasteiger partial charge on any atom is 0.272 e. The van der Waals surface area contributed by atoms with Gasteiger partial charge in [0.05, 0.1) is 5.69 Å². The summed E-state index contributed by atoms with van der Waals surface area (Å²) in [6.07, 6.45) is 4.13. The van der Waals surface area contributed by atoms with Crippen molar-refractivity contribution < 1.29 is 4.79 Å². The predicted molar refractivity (Wildman–Crippen MR) is 105 cm³/mol. The number of carbonyl (C=O) groups excluding carboxylic acids is 1. The molecule has 1 aliphatic carbocycles. The first kappa shape index (κ1) is 18.9. The summed E-state index contributed by atoms with van der Waals surface area (Å²) in [6.45, 7) is 6.16. The van der Waals surface area contributed by atoms with Crippen molar-refractivity contribution in [2.75, 3.05) is 13.1 Å². The molecule has 0 spiro atoms. The lowest BCUT2D eigenvalue weighted by molar-refractivity contribution is 0.0909. The largest absolute Gasteiger partial charge is 0.346 e. The molecule has 2 N–H and O–H groups in total. The fourth-order valence-electron chi connectivity index (χ4n) is 3.94. The average molecular weight is 375 g/mol. The van der Waals surface area contributed by atoms with Crippen LogP contribution >= 0.6 is 12.4 Å². The van der Waals surface area contributed by atoms with Crippen LogP contribution < -0.4 is 10.6 Å². The first-order chi connectivity index (χ1) is 12.1. The molecule has 2 aromatic rings. The van der Waals surface area contributed by atoms with Gasteiger partial charge in [-0.2, -0.15) is 5.10 Å². The minimum Gasteiger partial charge on any atom is -0.346 e. The minimum atomic E-state index is -0.0236. The van der Waals surface area contributed by atoms with E-state index in [4.69, 9.17) is 5.10 Å². The van der Waals surface area contributed by atoms with Crippen molar-refractivity contribution in [3.8, 4) is 5.69 Å². The molecule has 2 atom stereocenters. The third kappa shape index (κ3) is 3.51. The van der Waals surface area contributed by atoms with Gasteiger partial charge in [-0.3, -0.25) is 4.79 Å². The Morgan fingerprint density at radius 2 is 2.04 bits per heavy atom. The van der Waals surface area contributed by atoms with Gasteiger partial charge in [0.15, 0.2) is 5.69 Å². The van der Waals surface area contributed by atoms with Gasteiger partial charge in [-0.25, -0.2) is 4.68 Å². The van der Waals surface area contributed by atoms with E-state index in [2.05, 4.69) is 48.7 Å². The van der Waals surface area contributed by atoms with Gasteiger partial charge < -0.3 is 10.6 Å². The zero-order valence-electron chi connectivity index (χ0n) is 15.4. The summed E-state index contributed by atoms with van der Waals surface area (Å²) in [5.74, 6) is 0.474. The Morgan fingerprint density at radius 1 is 1.27 bits per heavy atom. The van der Waals surface area contributed by atoms with E-state index in [0.717, 1.165) is 50.0 Å². The maximum atomic E-state index is 12.9. The van der Waals surface area contributed by atoms with Crippen molar-refractivity contribution in [2.24, 2.45) is 5.92 Å². The molecule has 140 valence electrons. The van der Waals surface area contributed by atoms with Crippen molar-refractivity contribution in [2.45, 2.75) is 45.6 Å². The standard InChI is InChI=1S/C20H26N4O.ClH/c1-13-6-8-15(9-7-13)24-18-5-3-4-16(18)19(23-24)20(25)22-17-12-21-11-10-14(17)2;/h6-9,14,17,21H,3-5,10-12H2,1-2H3,(H,22,25);1H. The SMILES string of the molecule is Cc1ccc(-n2nc(C(=O)NC3CNCCC3C)c3c2CCC3)cc1.Cl. The number of halogens is 1. The van der Waals surface area contributed by atoms with Crippen LogP contribution in [-0.2, 0) is 12.8 Å². The van der Waals surface area contributed by atoms with E-state index in [1.54, 1.807) is 0 Å². The highest BCUT2D eigenvalue weighted by Gasteiger charge is 2.29. The van der Waals surface area contributed by atoms with Crippen LogP contribution in [0.2, 0.25) is 0 Å². The molecule has 1 amide bonds. The van der Waals surface area contributed by atoms with Crippen molar-refractivity contribution >= 4 is 18.3 Å². The highest BCUT2D eigenvalue weighted by atomic mass is 35.5. The summed E-state index contributed by atoms with van der Waals surface area (Å²) in [5.41, 5.74) is 5.21. The van der Waals surface area contributed by atoms with Crippen LogP contribution in [0, 0.1) is 12.8 Å². The quantitative estimate of drug-likeness (QED) is 0.868. The third-order valence-corrected chi connectivity index (χ3v) is 5.57. The maximum absolute atomic E-state index is 12.9. The van der Waals surface area contributed by atoms with Crippen LogP contribution in [0.15, 0.2) is 24.3 Å². The zero-order valence-corrected chi connectivity index (χ0v) is 16.2. The molecular weight excluding hydrogens is 348 g/mol. The summed E-state index contributed by atoms with van der Waals surface area (Å²) in [4.78, 5) is 12.9. The highest BCUT2D eigenvalue weighted by Crippen LogP contribution is 2.28. The lowest BCUT2D eigenvalue weighted by atomic mass is 9.94. The smallest absolute Gasteiger partial charge is 0.272 e. The molecule has 1 fully saturated rings. The molecule has 5 nitrogen and oxygen atoms in total. The van der Waals surface area contributed by atoms with Gasteiger partial charge in [0.1, 0.15) is 0 Å². The van der Waals surface area contributed by atoms with E-state index in [1.807, 2.05) is 4.68 Å². The predicted octanol–water partition coefficient (Wildman–Crippen LogP) is 2.82. The van der Waals surface area contributed by atoms with E-state index in [1.165, 1.54) is 11.3 Å². The summed E-state index contributed by atoms with van der Waals surface area (Å²) in [6, 6.07) is 8.52. The van der Waals surface area contributed by atoms with Gasteiger partial charge in [0.2, 0.25) is 0 Å². The number of carbonyl (C=O) groups is 1. The van der Waals surface area contributed by atoms with Gasteiger partial charge in [-0.15, -0.1) is 12.4 Å². The number of nitrogens with zero attached hydrogens (tertiary/aromatic N) is 2. The molecule has 0 radical (unpaired) electrons. The van der Waals surface area contributed by atoms with Crippen LogP contribution in [0.5, 0.6) is 0 Å². The van der Waals surface area contributed by atoms with Gasteiger partial charge in [0, 0.05) is 23.8 Å². The van der Waals surface area contributed by atoms with Crippen molar-refractivity contribution in [3.63, 3.8) is 0 Å². The molecule has 2 heterocycles. The number of piperidine rings is 1. The second-order valence-corrected chi connectivity index (χ2v) is 7.42. The normalized spacial score (nSPS) is 21.8. The van der Waals surface area contributed by atoms with Gasteiger partial charge in [-0.05, 0) is 57.2 Å². The van der Waals surface area contributed by atoms with Crippen molar-refractivity contribution in [1.82, 2.24) is 20.4 Å². The van der Waals surface area contributed by atoms with Crippen LogP contribution in [0.3, 0.4) is 0 Å². The third-order valence-electron chi connectivity index (χ3n) is 5.57. The zero-order chi connectivity index (χ0) is 17.4. The van der Waals surface area contributed by atoms with E-state index in [0.29, 0.717) is 11.6 Å². The fraction of sp³-hybridized carbons (Fsp3) is 0.500. The van der Waals surface area contributed by atoms with Crippen LogP contribution in [0.4, 0.5) is 0 Å². The van der Waals surface area contributed by atoms with Crippen LogP contribution in [-0.4, -0.2) is 34.8 Å². The molecule has 2 aliphatic rings. The van der Waals surface area contributed by atoms with E-state index < -0.39 is 0 Å². The van der Waals surface area contributed by atoms with E-state index in [-0.39, 0.29) is 24.4 Å². The minimum absolute atomic E-state index is 0. The Balaban J connectivity index is 0.00000196. The summed E-state index contributed by atoms with van der Waals surface area (Å²) in [7, 11) is 0. The summed E-state index contributed by atoms with van der Waals surface area (Å²) < 4.78 is 1.97. The average Bonchev–Trinajstić information content (AvgIpc) is 3.20. The van der Waals surface area contributed by atoms with E-state index >= 15 is 0 Å². The number of hydrogen-bond donors (Lipinski definition) is 2. The summed E-state index contributed by atoms with van der Waals surface area (Å²) in [5, 5.41) is 11.3. The molecule has 0 saturated carbocycles. The number of hydrogen-bond acceptors (Lipinski definition) is 3. The van der Waals surface area contributed by atoms with Gasteiger partial charge in [0.25, 0.3) is 5.91 Å². The number of aromatic nitrogens is 2. The Morgan fingerprint density at radius 3 is 2.77 bits per heavy atom. The number of benzene rings is 1. The molecule has 4 rings (SSSR count). The lowest BCUT2D eigenvalue weighted by Gasteiger charge is -2.30. The van der Waals surface area contributed by atoms with Crippen molar-refractivity contribution in [3.05, 3.63) is 46.8 Å². The molecule has 1 aromatic heterocycles. The molecule has 1 saturated heterocycles. The number of amides is 1. The molecule has 1 aliphatic heterocycles. The highest BCUT2D eigenvalue weighted by molar-refractivity contribution is 5.94. The monoisotopic (exact) mass is 374 g/mol. The number of aryl methyl sites for hydroxylation is 1. The second-order valence-electron chi connectivity index (χ2n) is 7.42. The van der Waals surface area contributed by atoms with Gasteiger partial charge in [-0.1, -0.05) is 24.6 Å². The van der Waals surface area contributed by atoms with Gasteiger partial charge >= 0.3 is 0 Å². The number of nitrogens with one attached hydrogen (secondary N) is 2. The molecule has 6 heteroatoms. The van der Waals surface area contributed by atoms with E-state index in [9.17, 15) is 4.79 Å². The second kappa shape index (κ2) is 7.80. The molecule has 26 heavy (non-hydrogen) atoms. The fourth-order valence-corrected chi connectivity index (χ4v) is 3.94. The number of rotatable bonds is 3. The Hall–Kier alpha value is -1.85.